The number of aryl methyl sites for hydroxylation is 1. The molecule has 1 N–H and O–H groups in total. The third-order valence-corrected chi connectivity index (χ3v) is 5.28. The van der Waals surface area contributed by atoms with E-state index in [-0.39, 0.29) is 5.54 Å². The quantitative estimate of drug-likeness (QED) is 0.829. The second-order valence-electron chi connectivity index (χ2n) is 7.87. The Labute approximate surface area is 129 Å². The van der Waals surface area contributed by atoms with Gasteiger partial charge in [-0.15, -0.1) is 0 Å². The molecule has 0 bridgehead atoms. The summed E-state index contributed by atoms with van der Waals surface area (Å²) in [6, 6.07) is 7.50. The third kappa shape index (κ3) is 3.11. The monoisotopic (exact) mass is 286 g/mol. The molecule has 1 heterocycles. The van der Waals surface area contributed by atoms with Crippen LogP contribution in [0.1, 0.15) is 57.6 Å². The van der Waals surface area contributed by atoms with Crippen molar-refractivity contribution in [1.82, 2.24) is 5.32 Å². The maximum absolute atomic E-state index is 3.74. The van der Waals surface area contributed by atoms with Crippen LogP contribution in [0.4, 0.5) is 5.69 Å². The van der Waals surface area contributed by atoms with Crippen LogP contribution in [0.5, 0.6) is 0 Å². The number of hydrogen-bond acceptors (Lipinski definition) is 2. The summed E-state index contributed by atoms with van der Waals surface area (Å²) in [5.74, 6) is 0.871. The molecule has 1 aliphatic heterocycles. The van der Waals surface area contributed by atoms with E-state index in [9.17, 15) is 0 Å². The van der Waals surface area contributed by atoms with E-state index in [0.717, 1.165) is 19.0 Å². The second-order valence-corrected chi connectivity index (χ2v) is 7.87. The van der Waals surface area contributed by atoms with Gasteiger partial charge < -0.3 is 10.2 Å². The lowest BCUT2D eigenvalue weighted by atomic mass is 9.85. The number of para-hydroxylation sites is 1. The number of nitrogens with zero attached hydrogens (tertiary/aromatic N) is 1. The van der Waals surface area contributed by atoms with Gasteiger partial charge >= 0.3 is 0 Å². The Balaban J connectivity index is 1.99. The lowest BCUT2D eigenvalue weighted by Crippen LogP contribution is -2.50. The van der Waals surface area contributed by atoms with E-state index in [4.69, 9.17) is 0 Å². The minimum absolute atomic E-state index is 0.173. The molecule has 2 unspecified atom stereocenters. The van der Waals surface area contributed by atoms with Crippen molar-refractivity contribution in [2.45, 2.75) is 71.5 Å². The topological polar surface area (TPSA) is 15.3 Å². The molecule has 1 aromatic carbocycles. The molecule has 0 saturated heterocycles. The van der Waals surface area contributed by atoms with Crippen LogP contribution in [-0.2, 0) is 6.54 Å². The normalized spacial score (nSPS) is 28.9. The fraction of sp³-hybridized carbons (Fsp3) is 0.684. The highest BCUT2D eigenvalue weighted by Crippen LogP contribution is 2.36. The summed E-state index contributed by atoms with van der Waals surface area (Å²) in [4.78, 5) is 2.74. The summed E-state index contributed by atoms with van der Waals surface area (Å²) in [5, 5.41) is 3.74. The minimum atomic E-state index is 0.173. The highest BCUT2D eigenvalue weighted by atomic mass is 15.2. The number of rotatable bonds is 1. The van der Waals surface area contributed by atoms with E-state index in [1.807, 2.05) is 0 Å². The lowest BCUT2D eigenvalue weighted by Gasteiger charge is -2.42. The average Bonchev–Trinajstić information content (AvgIpc) is 2.57. The molecule has 2 heteroatoms. The summed E-state index contributed by atoms with van der Waals surface area (Å²) >= 11 is 0. The fourth-order valence-corrected chi connectivity index (χ4v) is 4.17. The van der Waals surface area contributed by atoms with E-state index in [2.05, 4.69) is 56.1 Å². The molecule has 1 fully saturated rings. The predicted octanol–water partition coefficient (Wildman–Crippen LogP) is 4.26. The van der Waals surface area contributed by atoms with Crippen molar-refractivity contribution in [1.29, 1.82) is 0 Å². The molecule has 0 radical (unpaired) electrons. The van der Waals surface area contributed by atoms with Crippen LogP contribution >= 0.6 is 0 Å². The van der Waals surface area contributed by atoms with E-state index < -0.39 is 0 Å². The molecule has 1 aliphatic carbocycles. The molecule has 3 rings (SSSR count). The second kappa shape index (κ2) is 5.64. The van der Waals surface area contributed by atoms with Gasteiger partial charge in [-0.05, 0) is 50.7 Å². The number of fused-ring (bicyclic) bond motifs is 1. The van der Waals surface area contributed by atoms with Gasteiger partial charge in [0.15, 0.2) is 0 Å². The molecular formula is C19H30N2. The fourth-order valence-electron chi connectivity index (χ4n) is 4.17. The van der Waals surface area contributed by atoms with Crippen LogP contribution in [0, 0.1) is 12.8 Å². The van der Waals surface area contributed by atoms with Gasteiger partial charge in [0, 0.05) is 30.4 Å². The van der Waals surface area contributed by atoms with Gasteiger partial charge in [-0.25, -0.2) is 0 Å². The third-order valence-electron chi connectivity index (χ3n) is 5.28. The largest absolute Gasteiger partial charge is 0.366 e. The zero-order chi connectivity index (χ0) is 15.0. The van der Waals surface area contributed by atoms with Gasteiger partial charge in [-0.3, -0.25) is 0 Å². The van der Waals surface area contributed by atoms with Crippen molar-refractivity contribution in [2.75, 3.05) is 11.4 Å². The van der Waals surface area contributed by atoms with Crippen LogP contribution < -0.4 is 10.2 Å². The first-order chi connectivity index (χ1) is 9.96. The highest BCUT2D eigenvalue weighted by molar-refractivity contribution is 5.61. The van der Waals surface area contributed by atoms with Crippen LogP contribution in [-0.4, -0.2) is 18.1 Å². The Kier molecular flexibility index (Phi) is 4.00. The van der Waals surface area contributed by atoms with E-state index in [1.54, 1.807) is 0 Å². The maximum Gasteiger partial charge on any atom is 0.0444 e. The predicted molar refractivity (Wildman–Crippen MR) is 90.9 cm³/mol. The van der Waals surface area contributed by atoms with Crippen LogP contribution in [0.2, 0.25) is 0 Å². The SMILES string of the molecule is Cc1cccc2c1N(C1CCCC(C)C1)CC(C)(C)NC2. The Morgan fingerprint density at radius 3 is 2.81 bits per heavy atom. The van der Waals surface area contributed by atoms with Gasteiger partial charge in [-0.2, -0.15) is 0 Å². The Hall–Kier alpha value is -1.02. The lowest BCUT2D eigenvalue weighted by molar-refractivity contribution is 0.308. The smallest absolute Gasteiger partial charge is 0.0444 e. The molecule has 2 nitrogen and oxygen atoms in total. The first-order valence-electron chi connectivity index (χ1n) is 8.56. The minimum Gasteiger partial charge on any atom is -0.366 e. The molecule has 2 aliphatic rings. The molecule has 116 valence electrons. The zero-order valence-corrected chi connectivity index (χ0v) is 14.1. The number of benzene rings is 1. The van der Waals surface area contributed by atoms with Crippen molar-refractivity contribution in [3.8, 4) is 0 Å². The summed E-state index contributed by atoms with van der Waals surface area (Å²) in [7, 11) is 0. The zero-order valence-electron chi connectivity index (χ0n) is 14.1. The number of anilines is 1. The van der Waals surface area contributed by atoms with Crippen molar-refractivity contribution in [2.24, 2.45) is 5.92 Å². The van der Waals surface area contributed by atoms with Crippen molar-refractivity contribution in [3.63, 3.8) is 0 Å². The Morgan fingerprint density at radius 2 is 2.05 bits per heavy atom. The van der Waals surface area contributed by atoms with Gasteiger partial charge in [0.05, 0.1) is 0 Å². The Morgan fingerprint density at radius 1 is 1.24 bits per heavy atom. The molecule has 2 atom stereocenters. The van der Waals surface area contributed by atoms with Crippen molar-refractivity contribution >= 4 is 5.69 Å². The first kappa shape index (κ1) is 14.9. The van der Waals surface area contributed by atoms with Gasteiger partial charge in [0.2, 0.25) is 0 Å². The average molecular weight is 286 g/mol. The van der Waals surface area contributed by atoms with E-state index >= 15 is 0 Å². The van der Waals surface area contributed by atoms with Crippen molar-refractivity contribution < 1.29 is 0 Å². The van der Waals surface area contributed by atoms with E-state index in [1.165, 1.54) is 42.5 Å². The van der Waals surface area contributed by atoms with Gasteiger partial charge in [-0.1, -0.05) is 38.0 Å². The molecule has 21 heavy (non-hydrogen) atoms. The molecule has 0 amide bonds. The van der Waals surface area contributed by atoms with Crippen molar-refractivity contribution in [3.05, 3.63) is 29.3 Å². The Bertz CT molecular complexity index is 506. The molecular weight excluding hydrogens is 256 g/mol. The van der Waals surface area contributed by atoms with E-state index in [0.29, 0.717) is 6.04 Å². The summed E-state index contributed by atoms with van der Waals surface area (Å²) < 4.78 is 0. The molecule has 1 saturated carbocycles. The van der Waals surface area contributed by atoms with Crippen LogP contribution in [0.3, 0.4) is 0 Å². The summed E-state index contributed by atoms with van der Waals surface area (Å²) in [6.45, 7) is 11.5. The highest BCUT2D eigenvalue weighted by Gasteiger charge is 2.33. The first-order valence-corrected chi connectivity index (χ1v) is 8.56. The van der Waals surface area contributed by atoms with Gasteiger partial charge in [0.25, 0.3) is 0 Å². The van der Waals surface area contributed by atoms with Gasteiger partial charge in [0.1, 0.15) is 0 Å². The molecule has 0 aromatic heterocycles. The number of hydrogen-bond donors (Lipinski definition) is 1. The molecule has 0 spiro atoms. The molecule has 1 aromatic rings. The maximum atomic E-state index is 3.74. The standard InChI is InChI=1S/C19H30N2/c1-14-7-5-10-17(11-14)21-13-19(3,4)20-12-16-9-6-8-15(2)18(16)21/h6,8-9,14,17,20H,5,7,10-13H2,1-4H3. The summed E-state index contributed by atoms with van der Waals surface area (Å²) in [6.07, 6.45) is 5.50. The van der Waals surface area contributed by atoms with Crippen LogP contribution in [0.25, 0.3) is 0 Å². The summed E-state index contributed by atoms with van der Waals surface area (Å²) in [5.41, 5.74) is 4.59. The number of nitrogens with one attached hydrogen (secondary N) is 1. The van der Waals surface area contributed by atoms with Crippen LogP contribution in [0.15, 0.2) is 18.2 Å².